The van der Waals surface area contributed by atoms with Crippen molar-refractivity contribution in [2.45, 2.75) is 63.8 Å². The van der Waals surface area contributed by atoms with Gasteiger partial charge in [-0.15, -0.1) is 0 Å². The highest BCUT2D eigenvalue weighted by Crippen LogP contribution is 2.39. The first-order chi connectivity index (χ1) is 6.81. The smallest absolute Gasteiger partial charge is 0.0936 e. The standard InChI is InChI=1S/C12H23NO2/c1-11(2)5-9(14)6-12(3,4)13(11)7-10-8-15-10/h9-10,14H,5-8H2,1-4H3/t10-/m0/s1. The molecule has 2 rings (SSSR count). The zero-order chi connectivity index (χ0) is 11.3. The second-order valence-corrected chi connectivity index (χ2v) is 6.25. The summed E-state index contributed by atoms with van der Waals surface area (Å²) in [6.45, 7) is 10.8. The molecule has 0 bridgehead atoms. The van der Waals surface area contributed by atoms with Crippen LogP contribution in [0.5, 0.6) is 0 Å². The van der Waals surface area contributed by atoms with Crippen LogP contribution in [-0.4, -0.2) is 46.4 Å². The zero-order valence-electron chi connectivity index (χ0n) is 10.3. The van der Waals surface area contributed by atoms with Crippen molar-refractivity contribution in [1.82, 2.24) is 4.90 Å². The lowest BCUT2D eigenvalue weighted by Crippen LogP contribution is -2.62. The van der Waals surface area contributed by atoms with Crippen LogP contribution in [-0.2, 0) is 4.74 Å². The Morgan fingerprint density at radius 2 is 1.67 bits per heavy atom. The normalized spacial score (nSPS) is 35.4. The van der Waals surface area contributed by atoms with Gasteiger partial charge in [0, 0.05) is 17.6 Å². The van der Waals surface area contributed by atoms with E-state index in [1.165, 1.54) is 0 Å². The van der Waals surface area contributed by atoms with Gasteiger partial charge in [-0.25, -0.2) is 0 Å². The molecule has 2 fully saturated rings. The van der Waals surface area contributed by atoms with Gasteiger partial charge in [-0.3, -0.25) is 4.90 Å². The Balaban J connectivity index is 2.13. The van der Waals surface area contributed by atoms with Crippen LogP contribution >= 0.6 is 0 Å². The second kappa shape index (κ2) is 3.44. The van der Waals surface area contributed by atoms with Crippen LogP contribution in [0, 0.1) is 0 Å². The number of epoxide rings is 1. The quantitative estimate of drug-likeness (QED) is 0.704. The van der Waals surface area contributed by atoms with Crippen molar-refractivity contribution in [3.8, 4) is 0 Å². The Labute approximate surface area is 92.4 Å². The lowest BCUT2D eigenvalue weighted by molar-refractivity contribution is -0.0828. The summed E-state index contributed by atoms with van der Waals surface area (Å²) in [6, 6.07) is 0. The minimum Gasteiger partial charge on any atom is -0.393 e. The number of likely N-dealkylation sites (tertiary alicyclic amines) is 1. The van der Waals surface area contributed by atoms with E-state index in [1.807, 2.05) is 0 Å². The van der Waals surface area contributed by atoms with Crippen LogP contribution in [0.25, 0.3) is 0 Å². The van der Waals surface area contributed by atoms with Crippen molar-refractivity contribution < 1.29 is 9.84 Å². The molecular formula is C12H23NO2. The van der Waals surface area contributed by atoms with Crippen molar-refractivity contribution in [3.05, 3.63) is 0 Å². The predicted octanol–water partition coefficient (Wildman–Crippen LogP) is 1.40. The van der Waals surface area contributed by atoms with Gasteiger partial charge >= 0.3 is 0 Å². The molecule has 0 spiro atoms. The molecule has 2 aliphatic rings. The molecule has 15 heavy (non-hydrogen) atoms. The largest absolute Gasteiger partial charge is 0.393 e. The van der Waals surface area contributed by atoms with Crippen molar-refractivity contribution >= 4 is 0 Å². The fraction of sp³-hybridized carbons (Fsp3) is 1.00. The summed E-state index contributed by atoms with van der Waals surface area (Å²) < 4.78 is 5.32. The average Bonchev–Trinajstić information content (AvgIpc) is 2.76. The summed E-state index contributed by atoms with van der Waals surface area (Å²) in [5, 5.41) is 9.89. The van der Waals surface area contributed by atoms with Crippen LogP contribution in [0.1, 0.15) is 40.5 Å². The van der Waals surface area contributed by atoms with E-state index < -0.39 is 0 Å². The molecule has 0 unspecified atom stereocenters. The molecule has 0 aliphatic carbocycles. The van der Waals surface area contributed by atoms with Gasteiger partial charge in [0.1, 0.15) is 0 Å². The first-order valence-electron chi connectivity index (χ1n) is 5.89. The van der Waals surface area contributed by atoms with Crippen LogP contribution in [0.3, 0.4) is 0 Å². The molecule has 1 atom stereocenters. The van der Waals surface area contributed by atoms with E-state index in [4.69, 9.17) is 4.74 Å². The van der Waals surface area contributed by atoms with E-state index in [9.17, 15) is 5.11 Å². The monoisotopic (exact) mass is 213 g/mol. The fourth-order valence-corrected chi connectivity index (χ4v) is 3.14. The van der Waals surface area contributed by atoms with Crippen molar-refractivity contribution in [2.75, 3.05) is 13.2 Å². The highest BCUT2D eigenvalue weighted by atomic mass is 16.6. The predicted molar refractivity (Wildman–Crippen MR) is 59.8 cm³/mol. The van der Waals surface area contributed by atoms with Crippen LogP contribution in [0.4, 0.5) is 0 Å². The maximum atomic E-state index is 9.89. The summed E-state index contributed by atoms with van der Waals surface area (Å²) in [5.41, 5.74) is 0.153. The molecule has 0 aromatic rings. The maximum absolute atomic E-state index is 9.89. The number of aliphatic hydroxyl groups excluding tert-OH is 1. The third-order valence-corrected chi connectivity index (χ3v) is 3.72. The summed E-state index contributed by atoms with van der Waals surface area (Å²) in [7, 11) is 0. The van der Waals surface area contributed by atoms with Crippen molar-refractivity contribution in [2.24, 2.45) is 0 Å². The number of ether oxygens (including phenoxy) is 1. The summed E-state index contributed by atoms with van der Waals surface area (Å²) >= 11 is 0. The molecule has 0 amide bonds. The molecular weight excluding hydrogens is 190 g/mol. The van der Waals surface area contributed by atoms with E-state index >= 15 is 0 Å². The van der Waals surface area contributed by atoms with Crippen LogP contribution in [0.2, 0.25) is 0 Å². The topological polar surface area (TPSA) is 36.0 Å². The summed E-state index contributed by atoms with van der Waals surface area (Å²) in [5.74, 6) is 0. The number of piperidine rings is 1. The van der Waals surface area contributed by atoms with Crippen molar-refractivity contribution in [3.63, 3.8) is 0 Å². The molecule has 2 aliphatic heterocycles. The summed E-state index contributed by atoms with van der Waals surface area (Å²) in [4.78, 5) is 2.50. The van der Waals surface area contributed by atoms with Gasteiger partial charge in [0.05, 0.1) is 18.8 Å². The molecule has 0 saturated carbocycles. The Morgan fingerprint density at radius 3 is 2.07 bits per heavy atom. The SMILES string of the molecule is CC1(C)CC(O)CC(C)(C)N1C[C@H]1CO1. The third-order valence-electron chi connectivity index (χ3n) is 3.72. The van der Waals surface area contributed by atoms with Crippen LogP contribution in [0.15, 0.2) is 0 Å². The molecule has 3 heteroatoms. The number of rotatable bonds is 2. The zero-order valence-corrected chi connectivity index (χ0v) is 10.3. The van der Waals surface area contributed by atoms with Gasteiger partial charge in [-0.05, 0) is 40.5 Å². The van der Waals surface area contributed by atoms with Gasteiger partial charge in [0.2, 0.25) is 0 Å². The highest BCUT2D eigenvalue weighted by molar-refractivity contribution is 5.01. The number of hydrogen-bond acceptors (Lipinski definition) is 3. The minimum atomic E-state index is -0.161. The van der Waals surface area contributed by atoms with Crippen molar-refractivity contribution in [1.29, 1.82) is 0 Å². The molecule has 0 aromatic carbocycles. The minimum absolute atomic E-state index is 0.0765. The lowest BCUT2D eigenvalue weighted by Gasteiger charge is -2.54. The first-order valence-corrected chi connectivity index (χ1v) is 5.89. The van der Waals surface area contributed by atoms with E-state index in [0.29, 0.717) is 6.10 Å². The first kappa shape index (κ1) is 11.4. The highest BCUT2D eigenvalue weighted by Gasteiger charge is 2.46. The Bertz CT molecular complexity index is 228. The van der Waals surface area contributed by atoms with Gasteiger partial charge in [-0.2, -0.15) is 0 Å². The molecule has 3 nitrogen and oxygen atoms in total. The van der Waals surface area contributed by atoms with E-state index in [1.54, 1.807) is 0 Å². The Hall–Kier alpha value is -0.120. The summed E-state index contributed by atoms with van der Waals surface area (Å²) in [6.07, 6.45) is 2.00. The molecule has 1 N–H and O–H groups in total. The second-order valence-electron chi connectivity index (χ2n) is 6.25. The fourth-order valence-electron chi connectivity index (χ4n) is 3.14. The molecule has 2 saturated heterocycles. The average molecular weight is 213 g/mol. The number of aliphatic hydroxyl groups is 1. The molecule has 0 radical (unpaired) electrons. The lowest BCUT2D eigenvalue weighted by atomic mass is 9.78. The Morgan fingerprint density at radius 1 is 1.20 bits per heavy atom. The van der Waals surface area contributed by atoms with Crippen LogP contribution < -0.4 is 0 Å². The molecule has 2 heterocycles. The van der Waals surface area contributed by atoms with Gasteiger partial charge in [0.25, 0.3) is 0 Å². The van der Waals surface area contributed by atoms with Gasteiger partial charge in [0.15, 0.2) is 0 Å². The van der Waals surface area contributed by atoms with Gasteiger partial charge < -0.3 is 9.84 Å². The number of nitrogens with zero attached hydrogens (tertiary/aromatic N) is 1. The van der Waals surface area contributed by atoms with E-state index in [0.717, 1.165) is 26.0 Å². The van der Waals surface area contributed by atoms with Gasteiger partial charge in [-0.1, -0.05) is 0 Å². The van der Waals surface area contributed by atoms with E-state index in [-0.39, 0.29) is 17.2 Å². The molecule has 88 valence electrons. The molecule has 0 aromatic heterocycles. The Kier molecular flexibility index (Phi) is 2.61. The maximum Gasteiger partial charge on any atom is 0.0936 e. The van der Waals surface area contributed by atoms with E-state index in [2.05, 4.69) is 32.6 Å². The third kappa shape index (κ3) is 2.35. The number of hydrogen-bond donors (Lipinski definition) is 1.